The van der Waals surface area contributed by atoms with E-state index in [-0.39, 0.29) is 11.7 Å². The number of phenols is 1. The SMILES string of the molecule is CCOCCN1Cc2cc(Oc3ccc(O)cc3)ccc2C1=O. The molecular formula is C18H19NO4. The molecule has 1 aliphatic heterocycles. The van der Waals surface area contributed by atoms with Crippen LogP contribution in [0.5, 0.6) is 17.2 Å². The lowest BCUT2D eigenvalue weighted by atomic mass is 10.1. The molecule has 0 fully saturated rings. The van der Waals surface area contributed by atoms with Crippen LogP contribution >= 0.6 is 0 Å². The van der Waals surface area contributed by atoms with Gasteiger partial charge in [-0.25, -0.2) is 0 Å². The molecular weight excluding hydrogens is 294 g/mol. The van der Waals surface area contributed by atoms with Gasteiger partial charge in [0.15, 0.2) is 0 Å². The molecule has 0 aliphatic carbocycles. The summed E-state index contributed by atoms with van der Waals surface area (Å²) in [4.78, 5) is 14.1. The van der Waals surface area contributed by atoms with Gasteiger partial charge in [0.05, 0.1) is 6.61 Å². The van der Waals surface area contributed by atoms with E-state index in [1.165, 1.54) is 0 Å². The molecule has 120 valence electrons. The van der Waals surface area contributed by atoms with Crippen LogP contribution in [0.1, 0.15) is 22.8 Å². The van der Waals surface area contributed by atoms with E-state index in [9.17, 15) is 9.90 Å². The van der Waals surface area contributed by atoms with Crippen LogP contribution in [0.25, 0.3) is 0 Å². The second kappa shape index (κ2) is 6.71. The third kappa shape index (κ3) is 3.46. The van der Waals surface area contributed by atoms with Gasteiger partial charge in [0.1, 0.15) is 17.2 Å². The second-order valence-corrected chi connectivity index (χ2v) is 5.34. The van der Waals surface area contributed by atoms with Crippen molar-refractivity contribution in [3.05, 3.63) is 53.6 Å². The van der Waals surface area contributed by atoms with Crippen LogP contribution in [0.15, 0.2) is 42.5 Å². The van der Waals surface area contributed by atoms with Gasteiger partial charge >= 0.3 is 0 Å². The highest BCUT2D eigenvalue weighted by Crippen LogP contribution is 2.29. The van der Waals surface area contributed by atoms with Gasteiger partial charge in [0.25, 0.3) is 5.91 Å². The minimum Gasteiger partial charge on any atom is -0.508 e. The molecule has 0 atom stereocenters. The number of aromatic hydroxyl groups is 1. The fraction of sp³-hybridized carbons (Fsp3) is 0.278. The fourth-order valence-corrected chi connectivity index (χ4v) is 2.57. The van der Waals surface area contributed by atoms with Crippen molar-refractivity contribution in [3.63, 3.8) is 0 Å². The van der Waals surface area contributed by atoms with Gasteiger partial charge < -0.3 is 19.5 Å². The summed E-state index contributed by atoms with van der Waals surface area (Å²) in [7, 11) is 0. The van der Waals surface area contributed by atoms with Crippen molar-refractivity contribution in [1.29, 1.82) is 0 Å². The molecule has 0 unspecified atom stereocenters. The summed E-state index contributed by atoms with van der Waals surface area (Å²) in [6.07, 6.45) is 0. The molecule has 23 heavy (non-hydrogen) atoms. The van der Waals surface area contributed by atoms with E-state index < -0.39 is 0 Å². The van der Waals surface area contributed by atoms with Crippen molar-refractivity contribution in [2.45, 2.75) is 13.5 Å². The minimum atomic E-state index is 0.0379. The first-order valence-electron chi connectivity index (χ1n) is 7.64. The molecule has 0 radical (unpaired) electrons. The summed E-state index contributed by atoms with van der Waals surface area (Å²) in [5.74, 6) is 1.55. The molecule has 0 aromatic heterocycles. The van der Waals surface area contributed by atoms with Crippen molar-refractivity contribution in [3.8, 4) is 17.2 Å². The summed E-state index contributed by atoms with van der Waals surface area (Å²) in [6, 6.07) is 12.0. The van der Waals surface area contributed by atoms with Gasteiger partial charge in [0, 0.05) is 25.3 Å². The zero-order valence-electron chi connectivity index (χ0n) is 13.0. The molecule has 0 spiro atoms. The number of hydrogen-bond donors (Lipinski definition) is 1. The molecule has 0 bridgehead atoms. The van der Waals surface area contributed by atoms with Gasteiger partial charge in [-0.05, 0) is 55.0 Å². The summed E-state index contributed by atoms with van der Waals surface area (Å²) in [5, 5.41) is 9.29. The predicted molar refractivity (Wildman–Crippen MR) is 85.9 cm³/mol. The van der Waals surface area contributed by atoms with Crippen LogP contribution in [-0.2, 0) is 11.3 Å². The Morgan fingerprint density at radius 2 is 1.87 bits per heavy atom. The highest BCUT2D eigenvalue weighted by atomic mass is 16.5. The van der Waals surface area contributed by atoms with Crippen LogP contribution in [0.2, 0.25) is 0 Å². The number of ether oxygens (including phenoxy) is 2. The summed E-state index contributed by atoms with van der Waals surface area (Å²) in [6.45, 7) is 4.31. The van der Waals surface area contributed by atoms with Crippen molar-refractivity contribution < 1.29 is 19.4 Å². The molecule has 0 saturated heterocycles. The number of phenolic OH excluding ortho intramolecular Hbond substituents is 1. The first kappa shape index (κ1) is 15.4. The van der Waals surface area contributed by atoms with Gasteiger partial charge in [-0.1, -0.05) is 0 Å². The van der Waals surface area contributed by atoms with E-state index in [1.54, 1.807) is 41.3 Å². The largest absolute Gasteiger partial charge is 0.508 e. The molecule has 1 N–H and O–H groups in total. The van der Waals surface area contributed by atoms with Gasteiger partial charge in [-0.3, -0.25) is 4.79 Å². The Bertz CT molecular complexity index is 697. The number of nitrogens with zero attached hydrogens (tertiary/aromatic N) is 1. The van der Waals surface area contributed by atoms with Gasteiger partial charge in [-0.2, -0.15) is 0 Å². The first-order chi connectivity index (χ1) is 11.2. The lowest BCUT2D eigenvalue weighted by Crippen LogP contribution is -2.27. The van der Waals surface area contributed by atoms with E-state index in [2.05, 4.69) is 0 Å². The fourth-order valence-electron chi connectivity index (χ4n) is 2.57. The molecule has 1 heterocycles. The first-order valence-corrected chi connectivity index (χ1v) is 7.64. The minimum absolute atomic E-state index is 0.0379. The topological polar surface area (TPSA) is 59.0 Å². The Kier molecular flexibility index (Phi) is 4.48. The van der Waals surface area contributed by atoms with Gasteiger partial charge in [-0.15, -0.1) is 0 Å². The van der Waals surface area contributed by atoms with Crippen LogP contribution in [0.3, 0.4) is 0 Å². The van der Waals surface area contributed by atoms with Crippen LogP contribution in [0, 0.1) is 0 Å². The predicted octanol–water partition coefficient (Wildman–Crippen LogP) is 3.18. The maximum Gasteiger partial charge on any atom is 0.254 e. The van der Waals surface area contributed by atoms with E-state index in [0.717, 1.165) is 11.1 Å². The maximum atomic E-state index is 12.3. The number of carbonyl (C=O) groups is 1. The van der Waals surface area contributed by atoms with E-state index in [1.807, 2.05) is 13.0 Å². The number of benzene rings is 2. The van der Waals surface area contributed by atoms with E-state index in [4.69, 9.17) is 9.47 Å². The highest BCUT2D eigenvalue weighted by Gasteiger charge is 2.27. The number of fused-ring (bicyclic) bond motifs is 1. The average molecular weight is 313 g/mol. The second-order valence-electron chi connectivity index (χ2n) is 5.34. The highest BCUT2D eigenvalue weighted by molar-refractivity contribution is 5.98. The standard InChI is InChI=1S/C18H19NO4/c1-2-22-10-9-19-12-13-11-16(7-8-17(13)18(19)21)23-15-5-3-14(20)4-6-15/h3-8,11,20H,2,9-10,12H2,1H3. The summed E-state index contributed by atoms with van der Waals surface area (Å²) in [5.41, 5.74) is 1.68. The Morgan fingerprint density at radius 3 is 2.61 bits per heavy atom. The molecule has 3 rings (SSSR count). The van der Waals surface area contributed by atoms with Gasteiger partial charge in [0.2, 0.25) is 0 Å². The molecule has 2 aromatic carbocycles. The smallest absolute Gasteiger partial charge is 0.254 e. The zero-order valence-corrected chi connectivity index (χ0v) is 13.0. The number of amides is 1. The molecule has 1 amide bonds. The Labute approximate surface area is 135 Å². The molecule has 5 nitrogen and oxygen atoms in total. The zero-order chi connectivity index (χ0) is 16.2. The number of hydrogen-bond acceptors (Lipinski definition) is 4. The Balaban J connectivity index is 1.70. The lowest BCUT2D eigenvalue weighted by Gasteiger charge is -2.14. The lowest BCUT2D eigenvalue weighted by molar-refractivity contribution is 0.0680. The molecule has 0 saturated carbocycles. The summed E-state index contributed by atoms with van der Waals surface area (Å²) >= 11 is 0. The molecule has 5 heteroatoms. The normalized spacial score (nSPS) is 13.3. The van der Waals surface area contributed by atoms with Crippen molar-refractivity contribution >= 4 is 5.91 Å². The third-order valence-corrected chi connectivity index (χ3v) is 3.74. The Hall–Kier alpha value is -2.53. The Morgan fingerprint density at radius 1 is 1.13 bits per heavy atom. The van der Waals surface area contributed by atoms with Crippen LogP contribution in [-0.4, -0.2) is 35.7 Å². The quantitative estimate of drug-likeness (QED) is 0.832. The van der Waals surface area contributed by atoms with Crippen LogP contribution in [0.4, 0.5) is 0 Å². The maximum absolute atomic E-state index is 12.3. The van der Waals surface area contributed by atoms with E-state index >= 15 is 0 Å². The van der Waals surface area contributed by atoms with Crippen molar-refractivity contribution in [1.82, 2.24) is 4.90 Å². The summed E-state index contributed by atoms with van der Waals surface area (Å²) < 4.78 is 11.1. The monoisotopic (exact) mass is 313 g/mol. The number of carbonyl (C=O) groups excluding carboxylic acids is 1. The average Bonchev–Trinajstić information content (AvgIpc) is 2.86. The molecule has 1 aliphatic rings. The van der Waals surface area contributed by atoms with Crippen molar-refractivity contribution in [2.75, 3.05) is 19.8 Å². The van der Waals surface area contributed by atoms with E-state index in [0.29, 0.717) is 37.8 Å². The van der Waals surface area contributed by atoms with Crippen LogP contribution < -0.4 is 4.74 Å². The number of rotatable bonds is 6. The molecule has 2 aromatic rings. The van der Waals surface area contributed by atoms with Crippen molar-refractivity contribution in [2.24, 2.45) is 0 Å². The third-order valence-electron chi connectivity index (χ3n) is 3.74.